The molecular formula is C23H19F2N5O2. The van der Waals surface area contributed by atoms with Gasteiger partial charge in [0.25, 0.3) is 11.8 Å². The number of rotatable bonds is 4. The van der Waals surface area contributed by atoms with Gasteiger partial charge in [0.15, 0.2) is 0 Å². The number of nitriles is 1. The average molecular weight is 435 g/mol. The number of carbonyl (C=O) groups excluding carboxylic acids is 2. The molecule has 0 spiro atoms. The summed E-state index contributed by atoms with van der Waals surface area (Å²) >= 11 is 0. The average Bonchev–Trinajstić information content (AvgIpc) is 3.11. The van der Waals surface area contributed by atoms with Crippen molar-refractivity contribution in [3.05, 3.63) is 60.0 Å². The summed E-state index contributed by atoms with van der Waals surface area (Å²) in [6.07, 6.45) is 2.52. The van der Waals surface area contributed by atoms with Gasteiger partial charge in [-0.05, 0) is 36.8 Å². The standard InChI is InChI=1S/C23H19F2N5O2/c1-14-2-3-16(11-28-14)15-4-5-20-19(8-15)18(6-7-27-20)22(32)29-12-21(31)30-13-23(24,25)9-17(30)10-26/h2-8,11,17H,9,12-13H2,1H3,(H,29,32). The Hall–Kier alpha value is -3.93. The van der Waals surface area contributed by atoms with Crippen molar-refractivity contribution in [2.45, 2.75) is 25.3 Å². The van der Waals surface area contributed by atoms with Crippen LogP contribution < -0.4 is 5.32 Å². The summed E-state index contributed by atoms with van der Waals surface area (Å²) in [5.41, 5.74) is 3.50. The Morgan fingerprint density at radius 3 is 2.72 bits per heavy atom. The van der Waals surface area contributed by atoms with Crippen LogP contribution in [-0.4, -0.2) is 51.7 Å². The van der Waals surface area contributed by atoms with Crippen LogP contribution in [0.3, 0.4) is 0 Å². The van der Waals surface area contributed by atoms with Gasteiger partial charge >= 0.3 is 0 Å². The lowest BCUT2D eigenvalue weighted by molar-refractivity contribution is -0.131. The van der Waals surface area contributed by atoms with Crippen LogP contribution in [0.1, 0.15) is 22.5 Å². The summed E-state index contributed by atoms with van der Waals surface area (Å²) in [4.78, 5) is 34.6. The Morgan fingerprint density at radius 1 is 1.22 bits per heavy atom. The molecular weight excluding hydrogens is 416 g/mol. The molecule has 1 fully saturated rings. The number of amides is 2. The Kier molecular flexibility index (Phi) is 5.53. The van der Waals surface area contributed by atoms with Crippen LogP contribution in [-0.2, 0) is 4.79 Å². The lowest BCUT2D eigenvalue weighted by atomic mass is 10.0. The number of aryl methyl sites for hydroxylation is 1. The van der Waals surface area contributed by atoms with E-state index in [-0.39, 0.29) is 0 Å². The predicted molar refractivity (Wildman–Crippen MR) is 113 cm³/mol. The lowest BCUT2D eigenvalue weighted by Crippen LogP contribution is -2.43. The topological polar surface area (TPSA) is 99.0 Å². The maximum atomic E-state index is 13.6. The van der Waals surface area contributed by atoms with Crippen LogP contribution in [0.5, 0.6) is 0 Å². The number of fused-ring (bicyclic) bond motifs is 1. The molecule has 0 bridgehead atoms. The third kappa shape index (κ3) is 4.25. The van der Waals surface area contributed by atoms with Crippen molar-refractivity contribution >= 4 is 22.7 Å². The zero-order valence-electron chi connectivity index (χ0n) is 17.2. The maximum absolute atomic E-state index is 13.6. The monoisotopic (exact) mass is 435 g/mol. The molecule has 9 heteroatoms. The number of pyridine rings is 2. The molecule has 1 unspecified atom stereocenters. The second kappa shape index (κ2) is 8.30. The smallest absolute Gasteiger partial charge is 0.268 e. The van der Waals surface area contributed by atoms with Gasteiger partial charge in [-0.2, -0.15) is 5.26 Å². The summed E-state index contributed by atoms with van der Waals surface area (Å²) in [5, 5.41) is 12.1. The van der Waals surface area contributed by atoms with Gasteiger partial charge in [-0.15, -0.1) is 0 Å². The minimum atomic E-state index is -3.11. The highest BCUT2D eigenvalue weighted by Gasteiger charge is 2.47. The van der Waals surface area contributed by atoms with Crippen LogP contribution in [0.15, 0.2) is 48.8 Å². The number of nitrogens with zero attached hydrogens (tertiary/aromatic N) is 4. The van der Waals surface area contributed by atoms with E-state index in [9.17, 15) is 18.4 Å². The second-order valence-electron chi connectivity index (χ2n) is 7.69. The number of alkyl halides is 2. The summed E-state index contributed by atoms with van der Waals surface area (Å²) < 4.78 is 27.2. The van der Waals surface area contributed by atoms with Gasteiger partial charge in [0.05, 0.1) is 30.2 Å². The second-order valence-corrected chi connectivity index (χ2v) is 7.69. The zero-order chi connectivity index (χ0) is 22.9. The molecule has 1 atom stereocenters. The van der Waals surface area contributed by atoms with Gasteiger partial charge in [-0.25, -0.2) is 8.78 Å². The van der Waals surface area contributed by atoms with Gasteiger partial charge in [-0.3, -0.25) is 19.6 Å². The number of carbonyl (C=O) groups is 2. The van der Waals surface area contributed by atoms with E-state index in [1.54, 1.807) is 18.3 Å². The SMILES string of the molecule is Cc1ccc(-c2ccc3nccc(C(=O)NCC(=O)N4CC(F)(F)CC4C#N)c3c2)cn1. The molecule has 1 N–H and O–H groups in total. The number of likely N-dealkylation sites (tertiary alicyclic amines) is 1. The molecule has 0 saturated carbocycles. The van der Waals surface area contributed by atoms with E-state index in [2.05, 4.69) is 15.3 Å². The van der Waals surface area contributed by atoms with E-state index in [4.69, 9.17) is 5.26 Å². The van der Waals surface area contributed by atoms with Crippen LogP contribution in [0.25, 0.3) is 22.0 Å². The fourth-order valence-electron chi connectivity index (χ4n) is 3.71. The van der Waals surface area contributed by atoms with Crippen LogP contribution in [0, 0.1) is 18.3 Å². The van der Waals surface area contributed by atoms with Crippen molar-refractivity contribution in [2.24, 2.45) is 0 Å². The predicted octanol–water partition coefficient (Wildman–Crippen LogP) is 3.09. The Balaban J connectivity index is 1.54. The molecule has 0 aliphatic carbocycles. The fourth-order valence-corrected chi connectivity index (χ4v) is 3.71. The van der Waals surface area contributed by atoms with E-state index < -0.39 is 43.3 Å². The Morgan fingerprint density at radius 2 is 2.00 bits per heavy atom. The summed E-state index contributed by atoms with van der Waals surface area (Å²) in [6, 6.07) is 11.3. The molecule has 2 amide bonds. The van der Waals surface area contributed by atoms with Crippen molar-refractivity contribution in [3.63, 3.8) is 0 Å². The van der Waals surface area contributed by atoms with Crippen LogP contribution >= 0.6 is 0 Å². The van der Waals surface area contributed by atoms with E-state index in [1.807, 2.05) is 31.2 Å². The number of hydrogen-bond acceptors (Lipinski definition) is 5. The van der Waals surface area contributed by atoms with Gasteiger partial charge in [-0.1, -0.05) is 12.1 Å². The number of hydrogen-bond donors (Lipinski definition) is 1. The Bertz CT molecular complexity index is 1240. The molecule has 4 rings (SSSR count). The van der Waals surface area contributed by atoms with Gasteiger partial charge in [0.1, 0.15) is 6.04 Å². The first-order valence-electron chi connectivity index (χ1n) is 9.94. The van der Waals surface area contributed by atoms with Crippen molar-refractivity contribution in [1.82, 2.24) is 20.2 Å². The first-order chi connectivity index (χ1) is 15.3. The molecule has 162 valence electrons. The minimum Gasteiger partial charge on any atom is -0.343 e. The lowest BCUT2D eigenvalue weighted by Gasteiger charge is -2.19. The minimum absolute atomic E-state index is 0.299. The van der Waals surface area contributed by atoms with Crippen LogP contribution in [0.2, 0.25) is 0 Å². The van der Waals surface area contributed by atoms with E-state index >= 15 is 0 Å². The van der Waals surface area contributed by atoms with Crippen molar-refractivity contribution in [3.8, 4) is 17.2 Å². The molecule has 1 saturated heterocycles. The van der Waals surface area contributed by atoms with E-state index in [0.717, 1.165) is 21.7 Å². The highest BCUT2D eigenvalue weighted by atomic mass is 19.3. The van der Waals surface area contributed by atoms with Gasteiger partial charge in [0.2, 0.25) is 5.91 Å². The normalized spacial score (nSPS) is 17.2. The van der Waals surface area contributed by atoms with Crippen molar-refractivity contribution in [1.29, 1.82) is 5.26 Å². The Labute approximate surface area is 182 Å². The number of aromatic nitrogens is 2. The molecule has 1 aliphatic heterocycles. The van der Waals surface area contributed by atoms with Crippen molar-refractivity contribution < 1.29 is 18.4 Å². The number of nitrogens with one attached hydrogen (secondary N) is 1. The highest BCUT2D eigenvalue weighted by molar-refractivity contribution is 6.07. The molecule has 3 heterocycles. The first kappa shape index (κ1) is 21.3. The quantitative estimate of drug-likeness (QED) is 0.679. The summed E-state index contributed by atoms with van der Waals surface area (Å²) in [6.45, 7) is 0.574. The summed E-state index contributed by atoms with van der Waals surface area (Å²) in [5.74, 6) is -4.38. The zero-order valence-corrected chi connectivity index (χ0v) is 17.2. The van der Waals surface area contributed by atoms with Crippen LogP contribution in [0.4, 0.5) is 8.78 Å². The van der Waals surface area contributed by atoms with E-state index in [0.29, 0.717) is 16.5 Å². The van der Waals surface area contributed by atoms with Gasteiger partial charge < -0.3 is 10.2 Å². The molecule has 2 aromatic heterocycles. The van der Waals surface area contributed by atoms with Crippen molar-refractivity contribution in [2.75, 3.05) is 13.1 Å². The molecule has 1 aromatic carbocycles. The molecule has 32 heavy (non-hydrogen) atoms. The van der Waals surface area contributed by atoms with E-state index in [1.165, 1.54) is 12.3 Å². The molecule has 3 aromatic rings. The number of halogens is 2. The number of benzene rings is 1. The highest BCUT2D eigenvalue weighted by Crippen LogP contribution is 2.31. The molecule has 7 nitrogen and oxygen atoms in total. The largest absolute Gasteiger partial charge is 0.343 e. The van der Waals surface area contributed by atoms with Gasteiger partial charge in [0, 0.05) is 35.5 Å². The molecule has 1 aliphatic rings. The third-order valence-electron chi connectivity index (χ3n) is 5.37. The molecule has 0 radical (unpaired) electrons. The maximum Gasteiger partial charge on any atom is 0.268 e. The summed E-state index contributed by atoms with van der Waals surface area (Å²) in [7, 11) is 0. The third-order valence-corrected chi connectivity index (χ3v) is 5.37. The fraction of sp³-hybridized carbons (Fsp3) is 0.261. The first-order valence-corrected chi connectivity index (χ1v) is 9.94.